The smallest absolute Gasteiger partial charge is 0.370 e. The zero-order valence-corrected chi connectivity index (χ0v) is 14.8. The highest BCUT2D eigenvalue weighted by atomic mass is 32.2. The van der Waals surface area contributed by atoms with Gasteiger partial charge in [-0.2, -0.15) is 0 Å². The second kappa shape index (κ2) is 8.48. The van der Waals surface area contributed by atoms with Crippen molar-refractivity contribution in [2.24, 2.45) is 4.99 Å². The number of hydrogen-bond donors (Lipinski definition) is 1. The van der Waals surface area contributed by atoms with Crippen molar-refractivity contribution in [3.05, 3.63) is 10.9 Å². The average molecular weight is 322 g/mol. The zero-order valence-electron chi connectivity index (χ0n) is 12.1. The quantitative estimate of drug-likeness (QED) is 0.550. The van der Waals surface area contributed by atoms with Gasteiger partial charge >= 0.3 is 8.80 Å². The van der Waals surface area contributed by atoms with E-state index >= 15 is 0 Å². The van der Waals surface area contributed by atoms with Crippen molar-refractivity contribution >= 4 is 37.6 Å². The molecule has 110 valence electrons. The van der Waals surface area contributed by atoms with Gasteiger partial charge in [-0.1, -0.05) is 18.7 Å². The summed E-state index contributed by atoms with van der Waals surface area (Å²) in [5.74, 6) is 0.823. The number of rotatable bonds is 8. The highest BCUT2D eigenvalue weighted by molar-refractivity contribution is 8.32. The summed E-state index contributed by atoms with van der Waals surface area (Å²) in [6.45, 7) is 9.73. The Balaban J connectivity index is 3.18. The van der Waals surface area contributed by atoms with Crippen LogP contribution in [0.1, 0.15) is 34.1 Å². The van der Waals surface area contributed by atoms with Crippen LogP contribution >= 0.6 is 24.4 Å². The lowest BCUT2D eigenvalue weighted by atomic mass is 10.3. The molecule has 0 aromatic heterocycles. The van der Waals surface area contributed by atoms with Crippen LogP contribution in [0.4, 0.5) is 0 Å². The van der Waals surface area contributed by atoms with Gasteiger partial charge in [0.05, 0.1) is 5.70 Å². The number of nitrogens with zero attached hydrogens (tertiary/aromatic N) is 1. The molecule has 4 nitrogen and oxygen atoms in total. The van der Waals surface area contributed by atoms with Crippen LogP contribution in [0.3, 0.4) is 0 Å². The average Bonchev–Trinajstić information content (AvgIpc) is 2.77. The summed E-state index contributed by atoms with van der Waals surface area (Å²) in [5.41, 5.74) is 1.01. The molecule has 0 saturated carbocycles. The van der Waals surface area contributed by atoms with Crippen molar-refractivity contribution in [1.29, 1.82) is 0 Å². The summed E-state index contributed by atoms with van der Waals surface area (Å²) in [6, 6.07) is 0. The monoisotopic (exact) mass is 321 g/mol. The minimum Gasteiger partial charge on any atom is -0.370 e. The molecule has 0 spiro atoms. The second-order valence-electron chi connectivity index (χ2n) is 3.82. The predicted octanol–water partition coefficient (Wildman–Crippen LogP) is 3.27. The van der Waals surface area contributed by atoms with E-state index in [2.05, 4.69) is 24.5 Å². The molecule has 1 heterocycles. The van der Waals surface area contributed by atoms with E-state index in [0.29, 0.717) is 19.8 Å². The summed E-state index contributed by atoms with van der Waals surface area (Å²) in [4.78, 5) is 4.49. The molecule has 1 rings (SSSR count). The number of aliphatic imine (C=N–C) groups is 1. The van der Waals surface area contributed by atoms with Gasteiger partial charge in [0, 0.05) is 30.8 Å². The van der Waals surface area contributed by atoms with Gasteiger partial charge in [0.15, 0.2) is 0 Å². The van der Waals surface area contributed by atoms with Crippen molar-refractivity contribution in [1.82, 2.24) is 0 Å². The van der Waals surface area contributed by atoms with Gasteiger partial charge in [-0.25, -0.2) is 4.99 Å². The first-order valence-corrected chi connectivity index (χ1v) is 9.84. The largest absolute Gasteiger partial charge is 0.534 e. The maximum atomic E-state index is 5.94. The van der Waals surface area contributed by atoms with E-state index in [1.54, 1.807) is 11.8 Å². The van der Waals surface area contributed by atoms with Crippen LogP contribution in [0.15, 0.2) is 15.9 Å². The number of thiol groups is 1. The Labute approximate surface area is 126 Å². The highest BCUT2D eigenvalue weighted by Gasteiger charge is 2.46. The van der Waals surface area contributed by atoms with Crippen molar-refractivity contribution in [2.45, 2.75) is 34.1 Å². The Bertz CT molecular complexity index is 344. The molecule has 0 aromatic rings. The lowest BCUT2D eigenvalue weighted by molar-refractivity contribution is 0.0797. The van der Waals surface area contributed by atoms with Crippen LogP contribution in [-0.4, -0.2) is 38.8 Å². The van der Waals surface area contributed by atoms with Gasteiger partial charge in [0.2, 0.25) is 0 Å². The summed E-state index contributed by atoms with van der Waals surface area (Å²) < 4.78 is 18.6. The van der Waals surface area contributed by atoms with E-state index in [9.17, 15) is 0 Å². The SMILES string of the molecule is CCO[Si](OCC)(OCC)/C(CC)=C1/CSC(S)=N1. The van der Waals surface area contributed by atoms with E-state index < -0.39 is 8.80 Å². The fourth-order valence-electron chi connectivity index (χ4n) is 2.02. The summed E-state index contributed by atoms with van der Waals surface area (Å²) in [5, 5.41) is 1.09. The third-order valence-electron chi connectivity index (χ3n) is 2.64. The Morgan fingerprint density at radius 3 is 2.00 bits per heavy atom. The van der Waals surface area contributed by atoms with Gasteiger partial charge in [-0.05, 0) is 27.2 Å². The fourth-order valence-corrected chi connectivity index (χ4v) is 5.99. The Morgan fingerprint density at radius 1 is 1.16 bits per heavy atom. The van der Waals surface area contributed by atoms with Crippen LogP contribution in [-0.2, 0) is 13.3 Å². The molecule has 0 N–H and O–H groups in total. The predicted molar refractivity (Wildman–Crippen MR) is 86.8 cm³/mol. The lowest BCUT2D eigenvalue weighted by Crippen LogP contribution is -2.49. The number of hydrogen-bond acceptors (Lipinski definition) is 5. The maximum absolute atomic E-state index is 5.94. The first-order chi connectivity index (χ1) is 9.13. The maximum Gasteiger partial charge on any atom is 0.534 e. The minimum absolute atomic E-state index is 0.577. The van der Waals surface area contributed by atoms with Crippen LogP contribution in [0, 0.1) is 0 Å². The summed E-state index contributed by atoms with van der Waals surface area (Å²) in [7, 11) is -2.79. The summed E-state index contributed by atoms with van der Waals surface area (Å²) >= 11 is 5.94. The fraction of sp³-hybridized carbons (Fsp3) is 0.750. The lowest BCUT2D eigenvalue weighted by Gasteiger charge is -2.30. The van der Waals surface area contributed by atoms with E-state index in [1.165, 1.54) is 0 Å². The van der Waals surface area contributed by atoms with Crippen LogP contribution < -0.4 is 0 Å². The van der Waals surface area contributed by atoms with Gasteiger partial charge < -0.3 is 13.3 Å². The molecule has 0 radical (unpaired) electrons. The minimum atomic E-state index is -2.79. The van der Waals surface area contributed by atoms with Crippen molar-refractivity contribution in [2.75, 3.05) is 25.6 Å². The molecule has 0 amide bonds. The number of thioether (sulfide) groups is 1. The van der Waals surface area contributed by atoms with Crippen LogP contribution in [0.2, 0.25) is 0 Å². The molecule has 0 saturated heterocycles. The molecule has 7 heteroatoms. The van der Waals surface area contributed by atoms with E-state index in [0.717, 1.165) is 27.4 Å². The topological polar surface area (TPSA) is 40.0 Å². The standard InChI is InChI=1S/C12H23NO3S2Si/c1-5-11(10-9-18-12(17)13-10)19(14-6-2,15-7-3)16-8-4/h5-9H2,1-4H3,(H,13,17)/b11-10-. The Hall–Kier alpha value is 0.207. The van der Waals surface area contributed by atoms with E-state index in [4.69, 9.17) is 13.3 Å². The van der Waals surface area contributed by atoms with Gasteiger partial charge in [-0.3, -0.25) is 0 Å². The van der Waals surface area contributed by atoms with Crippen molar-refractivity contribution in [3.8, 4) is 0 Å². The molecule has 0 aliphatic carbocycles. The zero-order chi connectivity index (χ0) is 14.3. The van der Waals surface area contributed by atoms with E-state index in [-0.39, 0.29) is 0 Å². The first kappa shape index (κ1) is 17.3. The van der Waals surface area contributed by atoms with Crippen molar-refractivity contribution in [3.63, 3.8) is 0 Å². The number of allylic oxidation sites excluding steroid dienone is 1. The first-order valence-electron chi connectivity index (χ1n) is 6.68. The third-order valence-corrected chi connectivity index (χ3v) is 7.29. The van der Waals surface area contributed by atoms with Gasteiger partial charge in [0.1, 0.15) is 4.38 Å². The van der Waals surface area contributed by atoms with Crippen LogP contribution in [0.5, 0.6) is 0 Å². The Kier molecular flexibility index (Phi) is 7.71. The molecule has 19 heavy (non-hydrogen) atoms. The van der Waals surface area contributed by atoms with Crippen LogP contribution in [0.25, 0.3) is 0 Å². The van der Waals surface area contributed by atoms with Crippen molar-refractivity contribution < 1.29 is 13.3 Å². The van der Waals surface area contributed by atoms with Gasteiger partial charge in [-0.15, -0.1) is 12.6 Å². The Morgan fingerprint density at radius 2 is 1.68 bits per heavy atom. The molecule has 0 bridgehead atoms. The molecular formula is C12H23NO3S2Si. The molecule has 1 aliphatic heterocycles. The molecule has 0 atom stereocenters. The molecule has 0 fully saturated rings. The molecule has 0 aromatic carbocycles. The third kappa shape index (κ3) is 4.34. The normalized spacial score (nSPS) is 18.7. The molecule has 0 unspecified atom stereocenters. The van der Waals surface area contributed by atoms with E-state index in [1.807, 2.05) is 20.8 Å². The second-order valence-corrected chi connectivity index (χ2v) is 8.09. The summed E-state index contributed by atoms with van der Waals surface area (Å²) in [6.07, 6.45) is 0.826. The molecular weight excluding hydrogens is 298 g/mol. The van der Waals surface area contributed by atoms with Gasteiger partial charge in [0.25, 0.3) is 0 Å². The highest BCUT2D eigenvalue weighted by Crippen LogP contribution is 2.33. The molecule has 1 aliphatic rings.